The molecule has 4 nitrogen and oxygen atoms in total. The number of carbonyl (C=O) groups excluding carboxylic acids is 2. The highest BCUT2D eigenvalue weighted by Gasteiger charge is 2.38. The van der Waals surface area contributed by atoms with E-state index in [0.717, 1.165) is 0 Å². The van der Waals surface area contributed by atoms with E-state index in [2.05, 4.69) is 0 Å². The molecule has 0 N–H and O–H groups in total. The Morgan fingerprint density at radius 1 is 1.29 bits per heavy atom. The van der Waals surface area contributed by atoms with Crippen LogP contribution in [0.3, 0.4) is 0 Å². The minimum absolute atomic E-state index is 0.0807. The molecule has 1 fully saturated rings. The molecular weight excluding hydrogens is 240 g/mol. The maximum atomic E-state index is 12.1. The van der Waals surface area contributed by atoms with Crippen LogP contribution in [0.5, 0.6) is 0 Å². The molecule has 5 heteroatoms. The van der Waals surface area contributed by atoms with Gasteiger partial charge in [0.2, 0.25) is 0 Å². The molecule has 1 aliphatic heterocycles. The number of imide groups is 1. The van der Waals surface area contributed by atoms with Crippen molar-refractivity contribution in [3.8, 4) is 0 Å². The van der Waals surface area contributed by atoms with E-state index in [1.165, 1.54) is 9.80 Å². The molecule has 0 spiro atoms. The van der Waals surface area contributed by atoms with Gasteiger partial charge in [0.15, 0.2) is 0 Å². The van der Waals surface area contributed by atoms with E-state index in [9.17, 15) is 9.59 Å². The van der Waals surface area contributed by atoms with Crippen LogP contribution in [0, 0.1) is 0 Å². The van der Waals surface area contributed by atoms with Gasteiger partial charge >= 0.3 is 6.03 Å². The van der Waals surface area contributed by atoms with Crippen molar-refractivity contribution in [2.45, 2.75) is 19.9 Å². The summed E-state index contributed by atoms with van der Waals surface area (Å²) in [6, 6.07) is 6.52. The first kappa shape index (κ1) is 11.9. The zero-order chi connectivity index (χ0) is 12.6. The molecule has 3 amide bonds. The molecule has 0 atom stereocenters. The van der Waals surface area contributed by atoms with Crippen molar-refractivity contribution >= 4 is 29.2 Å². The Balaban J connectivity index is 2.31. The number of nitrogens with zero attached hydrogens (tertiary/aromatic N) is 2. The van der Waals surface area contributed by atoms with Crippen molar-refractivity contribution in [1.82, 2.24) is 4.90 Å². The van der Waals surface area contributed by atoms with Crippen LogP contribution in [0.1, 0.15) is 13.8 Å². The Morgan fingerprint density at radius 2 is 2.00 bits per heavy atom. The minimum atomic E-state index is -0.285. The van der Waals surface area contributed by atoms with Gasteiger partial charge in [-0.1, -0.05) is 17.7 Å². The number of hydrogen-bond acceptors (Lipinski definition) is 2. The van der Waals surface area contributed by atoms with Crippen LogP contribution in [-0.4, -0.2) is 29.4 Å². The SMILES string of the molecule is CC(C)N1C(=O)CN(c2cccc(Cl)c2)C1=O. The predicted molar refractivity (Wildman–Crippen MR) is 66.2 cm³/mol. The average molecular weight is 253 g/mol. The molecule has 1 aromatic rings. The summed E-state index contributed by atoms with van der Waals surface area (Å²) in [6.45, 7) is 3.71. The lowest BCUT2D eigenvalue weighted by molar-refractivity contribution is -0.125. The predicted octanol–water partition coefficient (Wildman–Crippen LogP) is 2.52. The van der Waals surface area contributed by atoms with Crippen molar-refractivity contribution in [3.63, 3.8) is 0 Å². The number of hydrogen-bond donors (Lipinski definition) is 0. The van der Waals surface area contributed by atoms with Gasteiger partial charge in [-0.15, -0.1) is 0 Å². The summed E-state index contributed by atoms with van der Waals surface area (Å²) in [5.41, 5.74) is 0.652. The smallest absolute Gasteiger partial charge is 0.284 e. The summed E-state index contributed by atoms with van der Waals surface area (Å²) in [7, 11) is 0. The first-order valence-corrected chi connectivity index (χ1v) is 5.77. The first-order chi connectivity index (χ1) is 8.00. The molecule has 0 unspecified atom stereocenters. The molecule has 1 aliphatic rings. The molecule has 17 heavy (non-hydrogen) atoms. The molecule has 1 aromatic carbocycles. The monoisotopic (exact) mass is 252 g/mol. The van der Waals surface area contributed by atoms with Crippen LogP contribution < -0.4 is 4.90 Å². The van der Waals surface area contributed by atoms with Crippen molar-refractivity contribution in [3.05, 3.63) is 29.3 Å². The van der Waals surface area contributed by atoms with E-state index in [4.69, 9.17) is 11.6 Å². The normalized spacial score (nSPS) is 16.2. The molecule has 90 valence electrons. The van der Waals surface area contributed by atoms with E-state index in [0.29, 0.717) is 10.7 Å². The second kappa shape index (κ2) is 4.37. The first-order valence-electron chi connectivity index (χ1n) is 5.40. The zero-order valence-corrected chi connectivity index (χ0v) is 10.4. The van der Waals surface area contributed by atoms with Crippen molar-refractivity contribution in [2.75, 3.05) is 11.4 Å². The fourth-order valence-electron chi connectivity index (χ4n) is 1.87. The highest BCUT2D eigenvalue weighted by molar-refractivity contribution is 6.31. The van der Waals surface area contributed by atoms with Crippen molar-refractivity contribution in [1.29, 1.82) is 0 Å². The Morgan fingerprint density at radius 3 is 2.53 bits per heavy atom. The van der Waals surface area contributed by atoms with E-state index in [1.807, 2.05) is 13.8 Å². The maximum Gasteiger partial charge on any atom is 0.331 e. The Labute approximate surface area is 105 Å². The highest BCUT2D eigenvalue weighted by atomic mass is 35.5. The molecule has 0 aromatic heterocycles. The van der Waals surface area contributed by atoms with Gasteiger partial charge in [0.25, 0.3) is 5.91 Å². The van der Waals surface area contributed by atoms with Crippen molar-refractivity contribution < 1.29 is 9.59 Å². The third kappa shape index (κ3) is 2.13. The van der Waals surface area contributed by atoms with Crippen LogP contribution in [0.15, 0.2) is 24.3 Å². The lowest BCUT2D eigenvalue weighted by Crippen LogP contribution is -2.38. The number of benzene rings is 1. The second-order valence-corrected chi connectivity index (χ2v) is 4.64. The molecule has 0 radical (unpaired) electrons. The molecule has 0 bridgehead atoms. The van der Waals surface area contributed by atoms with E-state index in [-0.39, 0.29) is 24.5 Å². The fourth-order valence-corrected chi connectivity index (χ4v) is 2.05. The molecule has 2 rings (SSSR count). The van der Waals surface area contributed by atoms with Crippen molar-refractivity contribution in [2.24, 2.45) is 0 Å². The van der Waals surface area contributed by atoms with Crippen LogP contribution >= 0.6 is 11.6 Å². The fraction of sp³-hybridized carbons (Fsp3) is 0.333. The Hall–Kier alpha value is -1.55. The van der Waals surface area contributed by atoms with E-state index >= 15 is 0 Å². The zero-order valence-electron chi connectivity index (χ0n) is 9.68. The van der Waals surface area contributed by atoms with Crippen LogP contribution in [0.2, 0.25) is 5.02 Å². The largest absolute Gasteiger partial charge is 0.331 e. The van der Waals surface area contributed by atoms with Gasteiger partial charge in [-0.3, -0.25) is 14.6 Å². The molecule has 0 aliphatic carbocycles. The Bertz CT molecular complexity index is 473. The average Bonchev–Trinajstić information content (AvgIpc) is 2.54. The van der Waals surface area contributed by atoms with Gasteiger partial charge in [-0.2, -0.15) is 0 Å². The van der Waals surface area contributed by atoms with Gasteiger partial charge < -0.3 is 0 Å². The number of anilines is 1. The maximum absolute atomic E-state index is 12.1. The molecule has 0 saturated carbocycles. The van der Waals surface area contributed by atoms with E-state index in [1.54, 1.807) is 24.3 Å². The summed E-state index contributed by atoms with van der Waals surface area (Å²) in [5.74, 6) is -0.176. The summed E-state index contributed by atoms with van der Waals surface area (Å²) < 4.78 is 0. The van der Waals surface area contributed by atoms with Gasteiger partial charge in [0.1, 0.15) is 6.54 Å². The summed E-state index contributed by atoms with van der Waals surface area (Å²) in [5, 5.41) is 0.547. The van der Waals surface area contributed by atoms with Crippen LogP contribution in [-0.2, 0) is 4.79 Å². The third-order valence-corrected chi connectivity index (χ3v) is 2.87. The second-order valence-electron chi connectivity index (χ2n) is 4.21. The summed E-state index contributed by atoms with van der Waals surface area (Å²) in [4.78, 5) is 26.5. The lowest BCUT2D eigenvalue weighted by Gasteiger charge is -2.19. The number of carbonyl (C=O) groups is 2. The summed E-state index contributed by atoms with van der Waals surface area (Å²) >= 11 is 5.87. The number of amides is 3. The van der Waals surface area contributed by atoms with Gasteiger partial charge in [0.05, 0.1) is 0 Å². The number of halogens is 1. The topological polar surface area (TPSA) is 40.6 Å². The molecule has 1 heterocycles. The van der Waals surface area contributed by atoms with Gasteiger partial charge in [-0.25, -0.2) is 4.79 Å². The highest BCUT2D eigenvalue weighted by Crippen LogP contribution is 2.24. The van der Waals surface area contributed by atoms with Crippen LogP contribution in [0.4, 0.5) is 10.5 Å². The third-order valence-electron chi connectivity index (χ3n) is 2.64. The quantitative estimate of drug-likeness (QED) is 0.759. The van der Waals surface area contributed by atoms with Gasteiger partial charge in [-0.05, 0) is 32.0 Å². The molecule has 1 saturated heterocycles. The van der Waals surface area contributed by atoms with Crippen LogP contribution in [0.25, 0.3) is 0 Å². The van der Waals surface area contributed by atoms with Gasteiger partial charge in [0, 0.05) is 16.8 Å². The Kier molecular flexibility index (Phi) is 3.07. The minimum Gasteiger partial charge on any atom is -0.284 e. The lowest BCUT2D eigenvalue weighted by atomic mass is 10.3. The van der Waals surface area contributed by atoms with E-state index < -0.39 is 0 Å². The molecular formula is C12H13ClN2O2. The summed E-state index contributed by atoms with van der Waals surface area (Å²) in [6.07, 6.45) is 0. The number of rotatable bonds is 2. The number of urea groups is 1. The standard InChI is InChI=1S/C12H13ClN2O2/c1-8(2)15-11(16)7-14(12(15)17)10-5-3-4-9(13)6-10/h3-6,8H,7H2,1-2H3.